The Labute approximate surface area is 197 Å². The van der Waals surface area contributed by atoms with E-state index in [1.807, 2.05) is 39.0 Å². The van der Waals surface area contributed by atoms with Crippen LogP contribution in [0.2, 0.25) is 0 Å². The van der Waals surface area contributed by atoms with Crippen molar-refractivity contribution in [1.82, 2.24) is 0 Å². The SMILES string of the molecule is COc1ccccc1OCC(=O)Nc1cccc(NC(=O)c2oc3c(C)ccc(C)c3c2C)c1. The van der Waals surface area contributed by atoms with Crippen molar-refractivity contribution < 1.29 is 23.5 Å². The molecule has 0 fully saturated rings. The molecule has 0 saturated carbocycles. The van der Waals surface area contributed by atoms with Gasteiger partial charge in [0.25, 0.3) is 11.8 Å². The minimum atomic E-state index is -0.351. The van der Waals surface area contributed by atoms with Crippen LogP contribution in [0.4, 0.5) is 11.4 Å². The molecule has 7 nitrogen and oxygen atoms in total. The predicted molar refractivity (Wildman–Crippen MR) is 132 cm³/mol. The molecule has 0 radical (unpaired) electrons. The molecule has 0 aliphatic carbocycles. The lowest BCUT2D eigenvalue weighted by Crippen LogP contribution is -2.20. The highest BCUT2D eigenvalue weighted by atomic mass is 16.5. The Morgan fingerprint density at radius 2 is 1.53 bits per heavy atom. The molecule has 0 bridgehead atoms. The molecular weight excluding hydrogens is 432 g/mol. The number of para-hydroxylation sites is 2. The monoisotopic (exact) mass is 458 g/mol. The molecule has 174 valence electrons. The van der Waals surface area contributed by atoms with Crippen LogP contribution in [0.1, 0.15) is 27.2 Å². The van der Waals surface area contributed by atoms with Crippen LogP contribution >= 0.6 is 0 Å². The van der Waals surface area contributed by atoms with Crippen molar-refractivity contribution in [1.29, 1.82) is 0 Å². The summed E-state index contributed by atoms with van der Waals surface area (Å²) >= 11 is 0. The van der Waals surface area contributed by atoms with Gasteiger partial charge in [-0.1, -0.05) is 30.3 Å². The van der Waals surface area contributed by atoms with Gasteiger partial charge in [0.2, 0.25) is 0 Å². The molecule has 7 heteroatoms. The van der Waals surface area contributed by atoms with Gasteiger partial charge in [-0.2, -0.15) is 0 Å². The van der Waals surface area contributed by atoms with Crippen molar-refractivity contribution >= 4 is 34.2 Å². The van der Waals surface area contributed by atoms with E-state index in [0.717, 1.165) is 27.7 Å². The number of carbonyl (C=O) groups excluding carboxylic acids is 2. The van der Waals surface area contributed by atoms with Gasteiger partial charge in [0.1, 0.15) is 5.58 Å². The zero-order chi connectivity index (χ0) is 24.2. The fourth-order valence-corrected chi connectivity index (χ4v) is 3.83. The summed E-state index contributed by atoms with van der Waals surface area (Å²) in [5.74, 6) is 0.607. The molecule has 0 aliphatic heterocycles. The number of carbonyl (C=O) groups is 2. The number of benzene rings is 3. The number of hydrogen-bond acceptors (Lipinski definition) is 5. The average molecular weight is 459 g/mol. The van der Waals surface area contributed by atoms with Crippen LogP contribution in [0, 0.1) is 20.8 Å². The molecular formula is C27H26N2O5. The molecule has 0 saturated heterocycles. The van der Waals surface area contributed by atoms with Crippen molar-refractivity contribution in [2.75, 3.05) is 24.4 Å². The van der Waals surface area contributed by atoms with E-state index in [1.165, 1.54) is 7.11 Å². The van der Waals surface area contributed by atoms with Gasteiger partial charge < -0.3 is 24.5 Å². The van der Waals surface area contributed by atoms with E-state index in [2.05, 4.69) is 10.6 Å². The van der Waals surface area contributed by atoms with Crippen LogP contribution in [0.5, 0.6) is 11.5 Å². The smallest absolute Gasteiger partial charge is 0.291 e. The first-order valence-corrected chi connectivity index (χ1v) is 10.8. The Balaban J connectivity index is 1.44. The van der Waals surface area contributed by atoms with Crippen LogP contribution in [0.25, 0.3) is 11.0 Å². The van der Waals surface area contributed by atoms with Crippen LogP contribution < -0.4 is 20.1 Å². The number of fused-ring (bicyclic) bond motifs is 1. The summed E-state index contributed by atoms with van der Waals surface area (Å²) in [5.41, 5.74) is 4.61. The van der Waals surface area contributed by atoms with Gasteiger partial charge >= 0.3 is 0 Å². The topological polar surface area (TPSA) is 89.8 Å². The standard InChI is InChI=1S/C27H26N2O5/c1-16-12-13-17(2)25-24(16)18(3)26(34-25)27(31)29-20-9-7-8-19(14-20)28-23(30)15-33-22-11-6-5-10-21(22)32-4/h5-14H,15H2,1-4H3,(H,28,30)(H,29,31). The maximum absolute atomic E-state index is 13.0. The molecule has 1 aromatic heterocycles. The van der Waals surface area contributed by atoms with Crippen LogP contribution in [0.3, 0.4) is 0 Å². The largest absolute Gasteiger partial charge is 0.493 e. The third-order valence-electron chi connectivity index (χ3n) is 5.52. The lowest BCUT2D eigenvalue weighted by atomic mass is 10.0. The lowest BCUT2D eigenvalue weighted by Gasteiger charge is -2.11. The van der Waals surface area contributed by atoms with Gasteiger partial charge in [0.15, 0.2) is 23.9 Å². The van der Waals surface area contributed by atoms with Gasteiger partial charge in [-0.25, -0.2) is 0 Å². The van der Waals surface area contributed by atoms with E-state index >= 15 is 0 Å². The van der Waals surface area contributed by atoms with Gasteiger partial charge in [-0.3, -0.25) is 9.59 Å². The van der Waals surface area contributed by atoms with Gasteiger partial charge in [0, 0.05) is 22.3 Å². The number of methoxy groups -OCH3 is 1. The molecule has 1 heterocycles. The maximum Gasteiger partial charge on any atom is 0.291 e. The predicted octanol–water partition coefficient (Wildman–Crippen LogP) is 5.64. The van der Waals surface area contributed by atoms with Crippen LogP contribution in [0.15, 0.2) is 65.1 Å². The number of furan rings is 1. The number of aryl methyl sites for hydroxylation is 3. The van der Waals surface area contributed by atoms with E-state index in [-0.39, 0.29) is 24.2 Å². The molecule has 4 aromatic rings. The second kappa shape index (κ2) is 9.70. The molecule has 34 heavy (non-hydrogen) atoms. The van der Waals surface area contributed by atoms with Crippen LogP contribution in [-0.4, -0.2) is 25.5 Å². The summed E-state index contributed by atoms with van der Waals surface area (Å²) in [4.78, 5) is 25.3. The second-order valence-electron chi connectivity index (χ2n) is 7.98. The highest BCUT2D eigenvalue weighted by molar-refractivity contribution is 6.07. The average Bonchev–Trinajstić information content (AvgIpc) is 3.19. The molecule has 2 amide bonds. The normalized spacial score (nSPS) is 10.7. The second-order valence-corrected chi connectivity index (χ2v) is 7.98. The maximum atomic E-state index is 13.0. The third kappa shape index (κ3) is 4.73. The minimum absolute atomic E-state index is 0.187. The summed E-state index contributed by atoms with van der Waals surface area (Å²) in [5, 5.41) is 6.58. The van der Waals surface area contributed by atoms with E-state index in [9.17, 15) is 9.59 Å². The van der Waals surface area contributed by atoms with Crippen molar-refractivity contribution in [3.8, 4) is 11.5 Å². The quantitative estimate of drug-likeness (QED) is 0.374. The Kier molecular flexibility index (Phi) is 6.54. The summed E-state index contributed by atoms with van der Waals surface area (Å²) in [7, 11) is 1.54. The third-order valence-corrected chi connectivity index (χ3v) is 5.52. The van der Waals surface area contributed by atoms with E-state index in [0.29, 0.717) is 22.9 Å². The van der Waals surface area contributed by atoms with Gasteiger partial charge in [0.05, 0.1) is 7.11 Å². The van der Waals surface area contributed by atoms with Crippen molar-refractivity contribution in [3.63, 3.8) is 0 Å². The fraction of sp³-hybridized carbons (Fsp3) is 0.185. The summed E-state index contributed by atoms with van der Waals surface area (Å²) < 4.78 is 16.7. The summed E-state index contributed by atoms with van der Waals surface area (Å²) in [6, 6.07) is 18.0. The first-order chi connectivity index (χ1) is 16.4. The summed E-state index contributed by atoms with van der Waals surface area (Å²) in [6.07, 6.45) is 0. The molecule has 0 spiro atoms. The Morgan fingerprint density at radius 1 is 0.853 bits per heavy atom. The number of nitrogens with one attached hydrogen (secondary N) is 2. The van der Waals surface area contributed by atoms with Crippen molar-refractivity contribution in [3.05, 3.63) is 83.1 Å². The number of anilines is 2. The summed E-state index contributed by atoms with van der Waals surface area (Å²) in [6.45, 7) is 5.64. The highest BCUT2D eigenvalue weighted by Gasteiger charge is 2.20. The number of rotatable bonds is 7. The van der Waals surface area contributed by atoms with E-state index in [1.54, 1.807) is 42.5 Å². The van der Waals surface area contributed by atoms with Gasteiger partial charge in [-0.15, -0.1) is 0 Å². The number of ether oxygens (including phenoxy) is 2. The highest BCUT2D eigenvalue weighted by Crippen LogP contribution is 2.31. The molecule has 3 aromatic carbocycles. The minimum Gasteiger partial charge on any atom is -0.493 e. The fourth-order valence-electron chi connectivity index (χ4n) is 3.83. The Bertz CT molecular complexity index is 1370. The molecule has 2 N–H and O–H groups in total. The van der Waals surface area contributed by atoms with Gasteiger partial charge in [-0.05, 0) is 62.2 Å². The van der Waals surface area contributed by atoms with E-state index < -0.39 is 0 Å². The molecule has 0 aliphatic rings. The zero-order valence-electron chi connectivity index (χ0n) is 19.5. The zero-order valence-corrected chi connectivity index (χ0v) is 19.5. The molecule has 4 rings (SSSR count). The Morgan fingerprint density at radius 3 is 2.24 bits per heavy atom. The van der Waals surface area contributed by atoms with E-state index in [4.69, 9.17) is 13.9 Å². The molecule has 0 atom stereocenters. The van der Waals surface area contributed by atoms with Crippen LogP contribution in [-0.2, 0) is 4.79 Å². The molecule has 0 unspecified atom stereocenters. The lowest BCUT2D eigenvalue weighted by molar-refractivity contribution is -0.118. The number of amides is 2. The van der Waals surface area contributed by atoms with Crippen molar-refractivity contribution in [2.24, 2.45) is 0 Å². The first-order valence-electron chi connectivity index (χ1n) is 10.8. The number of hydrogen-bond donors (Lipinski definition) is 2. The Hall–Kier alpha value is -4.26. The first kappa shape index (κ1) is 22.9. The van der Waals surface area contributed by atoms with Crippen molar-refractivity contribution in [2.45, 2.75) is 20.8 Å².